The van der Waals surface area contributed by atoms with Crippen LogP contribution in [-0.4, -0.2) is 32.3 Å². The van der Waals surface area contributed by atoms with Gasteiger partial charge in [-0.15, -0.1) is 0 Å². The van der Waals surface area contributed by atoms with E-state index in [-0.39, 0.29) is 0 Å². The van der Waals surface area contributed by atoms with Gasteiger partial charge in [-0.2, -0.15) is 0 Å². The van der Waals surface area contributed by atoms with Gasteiger partial charge in [-0.25, -0.2) is 13.4 Å². The molecular weight excluding hydrogens is 348 g/mol. The Morgan fingerprint density at radius 2 is 1.52 bits per heavy atom. The van der Waals surface area contributed by atoms with Gasteiger partial charge in [0.05, 0.1) is 4.90 Å². The molecule has 3 aromatic rings. The van der Waals surface area contributed by atoms with Gasteiger partial charge in [-0.3, -0.25) is 4.57 Å². The van der Waals surface area contributed by atoms with Crippen molar-refractivity contribution >= 4 is 23.2 Å². The van der Waals surface area contributed by atoms with Crippen LogP contribution in [0.3, 0.4) is 0 Å². The van der Waals surface area contributed by atoms with Crippen LogP contribution in [0.5, 0.6) is 0 Å². The molecule has 0 aliphatic carbocycles. The van der Waals surface area contributed by atoms with E-state index in [4.69, 9.17) is 4.98 Å². The molecule has 0 atom stereocenters. The van der Waals surface area contributed by atoms with Crippen molar-refractivity contribution in [2.45, 2.75) is 24.5 Å². The van der Waals surface area contributed by atoms with Crippen molar-refractivity contribution in [3.63, 3.8) is 0 Å². The van der Waals surface area contributed by atoms with E-state index >= 15 is 0 Å². The summed E-state index contributed by atoms with van der Waals surface area (Å²) in [5, 5.41) is 1.12. The first-order chi connectivity index (χ1) is 11.7. The zero-order valence-corrected chi connectivity index (χ0v) is 16.7. The molecule has 3 rings (SSSR count). The summed E-state index contributed by atoms with van der Waals surface area (Å²) in [7, 11) is -4.78. The Hall–Kier alpha value is -2.18. The highest BCUT2D eigenvalue weighted by Crippen LogP contribution is 2.23. The SMILES string of the molecule is C[Si](C)(C)c1cn(-c2ccc(S(C)(=O)=O)cc2)c(-c2ccccc2)n1. The van der Waals surface area contributed by atoms with Gasteiger partial charge in [0.15, 0.2) is 9.84 Å². The Morgan fingerprint density at radius 3 is 2.04 bits per heavy atom. The summed E-state index contributed by atoms with van der Waals surface area (Å²) in [6, 6.07) is 17.0. The average Bonchev–Trinajstić information content (AvgIpc) is 3.00. The van der Waals surface area contributed by atoms with Gasteiger partial charge in [-0.05, 0) is 24.3 Å². The van der Waals surface area contributed by atoms with Crippen LogP contribution < -0.4 is 5.32 Å². The van der Waals surface area contributed by atoms with E-state index in [2.05, 4.69) is 30.4 Å². The summed E-state index contributed by atoms with van der Waals surface area (Å²) in [5.74, 6) is 0.880. The van der Waals surface area contributed by atoms with Gasteiger partial charge < -0.3 is 0 Å². The largest absolute Gasteiger partial charge is 0.300 e. The third-order valence-electron chi connectivity index (χ3n) is 4.05. The second-order valence-electron chi connectivity index (χ2n) is 7.20. The fourth-order valence-corrected chi connectivity index (χ4v) is 4.17. The van der Waals surface area contributed by atoms with Gasteiger partial charge in [0.25, 0.3) is 0 Å². The van der Waals surface area contributed by atoms with Gasteiger partial charge in [-0.1, -0.05) is 50.0 Å². The zero-order valence-electron chi connectivity index (χ0n) is 14.9. The van der Waals surface area contributed by atoms with E-state index in [1.54, 1.807) is 12.1 Å². The molecule has 0 saturated carbocycles. The molecule has 0 radical (unpaired) electrons. The molecule has 0 aliphatic rings. The predicted molar refractivity (Wildman–Crippen MR) is 105 cm³/mol. The van der Waals surface area contributed by atoms with Crippen molar-refractivity contribution in [3.8, 4) is 17.1 Å². The number of aromatic nitrogens is 2. The quantitative estimate of drug-likeness (QED) is 0.661. The molecule has 1 heterocycles. The first kappa shape index (κ1) is 17.6. The van der Waals surface area contributed by atoms with Crippen LogP contribution in [0.1, 0.15) is 0 Å². The lowest BCUT2D eigenvalue weighted by molar-refractivity contribution is 0.602. The maximum Gasteiger partial charge on any atom is 0.175 e. The average molecular weight is 371 g/mol. The molecule has 0 saturated heterocycles. The summed E-state index contributed by atoms with van der Waals surface area (Å²) >= 11 is 0. The number of benzene rings is 2. The molecular formula is C19H22N2O2SSi. The van der Waals surface area contributed by atoms with E-state index in [0.717, 1.165) is 22.4 Å². The monoisotopic (exact) mass is 370 g/mol. The van der Waals surface area contributed by atoms with Crippen LogP contribution >= 0.6 is 0 Å². The summed E-state index contributed by atoms with van der Waals surface area (Å²) in [6.45, 7) is 6.80. The Morgan fingerprint density at radius 1 is 0.920 bits per heavy atom. The Kier molecular flexibility index (Phi) is 4.43. The number of rotatable bonds is 4. The number of sulfone groups is 1. The topological polar surface area (TPSA) is 52.0 Å². The lowest BCUT2D eigenvalue weighted by atomic mass is 10.2. The molecule has 0 fully saturated rings. The van der Waals surface area contributed by atoms with Crippen LogP contribution in [0.4, 0.5) is 0 Å². The smallest absolute Gasteiger partial charge is 0.175 e. The maximum absolute atomic E-state index is 11.7. The van der Waals surface area contributed by atoms with Crippen molar-refractivity contribution in [1.82, 2.24) is 9.55 Å². The van der Waals surface area contributed by atoms with E-state index in [9.17, 15) is 8.42 Å². The first-order valence-corrected chi connectivity index (χ1v) is 13.5. The predicted octanol–water partition coefficient (Wildman–Crippen LogP) is 3.49. The second kappa shape index (κ2) is 6.27. The summed E-state index contributed by atoms with van der Waals surface area (Å²) in [6.07, 6.45) is 3.31. The molecule has 0 aliphatic heterocycles. The molecule has 0 spiro atoms. The zero-order chi connectivity index (χ0) is 18.2. The van der Waals surface area contributed by atoms with Crippen molar-refractivity contribution in [3.05, 3.63) is 60.8 Å². The molecule has 0 N–H and O–H groups in total. The van der Waals surface area contributed by atoms with Crippen molar-refractivity contribution in [2.24, 2.45) is 0 Å². The first-order valence-electron chi connectivity index (χ1n) is 8.12. The minimum atomic E-state index is -3.20. The minimum absolute atomic E-state index is 0.322. The fourth-order valence-electron chi connectivity index (χ4n) is 2.58. The molecule has 4 nitrogen and oxygen atoms in total. The lowest BCUT2D eigenvalue weighted by Crippen LogP contribution is -2.38. The van der Waals surface area contributed by atoms with Crippen molar-refractivity contribution < 1.29 is 8.42 Å². The molecule has 0 amide bonds. The van der Waals surface area contributed by atoms with E-state index in [1.807, 2.05) is 42.5 Å². The normalized spacial score (nSPS) is 12.3. The number of hydrogen-bond acceptors (Lipinski definition) is 3. The summed E-state index contributed by atoms with van der Waals surface area (Å²) < 4.78 is 25.4. The number of nitrogens with zero attached hydrogens (tertiary/aromatic N) is 2. The highest BCUT2D eigenvalue weighted by atomic mass is 32.2. The van der Waals surface area contributed by atoms with Gasteiger partial charge >= 0.3 is 0 Å². The Labute approximate surface area is 150 Å². The van der Waals surface area contributed by atoms with Crippen LogP contribution in [0.2, 0.25) is 19.6 Å². The van der Waals surface area contributed by atoms with E-state index in [1.165, 1.54) is 6.26 Å². The van der Waals surface area contributed by atoms with Crippen LogP contribution in [0.15, 0.2) is 65.7 Å². The third kappa shape index (κ3) is 3.75. The number of hydrogen-bond donors (Lipinski definition) is 0. The highest BCUT2D eigenvalue weighted by Gasteiger charge is 2.23. The molecule has 0 bridgehead atoms. The molecule has 130 valence electrons. The standard InChI is InChI=1S/C19H22N2O2SSi/c1-24(22,23)17-12-10-16(11-13-17)21-14-18(25(2,3)4)20-19(21)15-8-6-5-7-9-15/h5-14H,1-4H3. The van der Waals surface area contributed by atoms with Gasteiger partial charge in [0.2, 0.25) is 0 Å². The number of imidazole rings is 1. The van der Waals surface area contributed by atoms with E-state index in [0.29, 0.717) is 4.90 Å². The fraction of sp³-hybridized carbons (Fsp3) is 0.211. The van der Waals surface area contributed by atoms with Crippen LogP contribution in [0, 0.1) is 0 Å². The third-order valence-corrected chi connectivity index (χ3v) is 6.96. The van der Waals surface area contributed by atoms with Crippen molar-refractivity contribution in [2.75, 3.05) is 6.26 Å². The molecule has 6 heteroatoms. The molecule has 1 aromatic heterocycles. The van der Waals surface area contributed by atoms with Gasteiger partial charge in [0, 0.05) is 29.0 Å². The minimum Gasteiger partial charge on any atom is -0.300 e. The van der Waals surface area contributed by atoms with Crippen molar-refractivity contribution in [1.29, 1.82) is 0 Å². The molecule has 0 unspecified atom stereocenters. The van der Waals surface area contributed by atoms with Crippen LogP contribution in [-0.2, 0) is 9.84 Å². The Bertz CT molecular complexity index is 986. The lowest BCUT2D eigenvalue weighted by Gasteiger charge is -2.11. The Balaban J connectivity index is 2.16. The highest BCUT2D eigenvalue weighted by molar-refractivity contribution is 7.90. The van der Waals surface area contributed by atoms with Gasteiger partial charge in [0.1, 0.15) is 13.9 Å². The molecule has 25 heavy (non-hydrogen) atoms. The van der Waals surface area contributed by atoms with E-state index < -0.39 is 17.9 Å². The molecule has 2 aromatic carbocycles. The maximum atomic E-state index is 11.7. The summed E-state index contributed by atoms with van der Waals surface area (Å²) in [5.41, 5.74) is 1.95. The second-order valence-corrected chi connectivity index (χ2v) is 14.2. The summed E-state index contributed by atoms with van der Waals surface area (Å²) in [4.78, 5) is 5.23. The van der Waals surface area contributed by atoms with Crippen LogP contribution in [0.25, 0.3) is 17.1 Å².